The summed E-state index contributed by atoms with van der Waals surface area (Å²) >= 11 is 0. The predicted molar refractivity (Wildman–Crippen MR) is 64.2 cm³/mol. The monoisotopic (exact) mass is 293 g/mol. The van der Waals surface area contributed by atoms with Crippen molar-refractivity contribution >= 4 is 16.0 Å². The highest BCUT2D eigenvalue weighted by molar-refractivity contribution is 7.89. The summed E-state index contributed by atoms with van der Waals surface area (Å²) in [6, 6.07) is 7.17. The molecule has 0 bridgehead atoms. The first-order chi connectivity index (χ1) is 8.83. The van der Waals surface area contributed by atoms with Crippen LogP contribution in [0.5, 0.6) is 0 Å². The van der Waals surface area contributed by atoms with Gasteiger partial charge in [0.25, 0.3) is 10.0 Å². The molecule has 0 radical (unpaired) electrons. The van der Waals surface area contributed by atoms with Gasteiger partial charge < -0.3 is 5.11 Å². The molecule has 106 valence electrons. The Bertz CT molecular complexity index is 519. The van der Waals surface area contributed by atoms with Crippen LogP contribution in [0.15, 0.2) is 30.3 Å². The van der Waals surface area contributed by atoms with Crippen LogP contribution in [0.3, 0.4) is 0 Å². The molecule has 1 rings (SSSR count). The van der Waals surface area contributed by atoms with E-state index in [9.17, 15) is 22.0 Å². The molecular formula is C11H13F2NO4S. The van der Waals surface area contributed by atoms with Gasteiger partial charge in [-0.15, -0.1) is 0 Å². The number of hydrogen-bond acceptors (Lipinski definition) is 3. The van der Waals surface area contributed by atoms with Crippen LogP contribution in [0.25, 0.3) is 0 Å². The highest BCUT2D eigenvalue weighted by atomic mass is 32.2. The van der Waals surface area contributed by atoms with E-state index in [1.165, 1.54) is 4.72 Å². The van der Waals surface area contributed by atoms with Crippen molar-refractivity contribution in [3.05, 3.63) is 35.9 Å². The van der Waals surface area contributed by atoms with Gasteiger partial charge in [-0.2, -0.15) is 13.5 Å². The summed E-state index contributed by atoms with van der Waals surface area (Å²) in [6.07, 6.45) is 0.162. The van der Waals surface area contributed by atoms with Crippen molar-refractivity contribution in [3.8, 4) is 0 Å². The molecule has 2 N–H and O–H groups in total. The summed E-state index contributed by atoms with van der Waals surface area (Å²) in [5, 5.41) is 8.82. The highest BCUT2D eigenvalue weighted by Crippen LogP contribution is 2.09. The summed E-state index contributed by atoms with van der Waals surface area (Å²) in [6.45, 7) is 0. The second-order valence-corrected chi connectivity index (χ2v) is 5.52. The first kappa shape index (κ1) is 15.5. The zero-order valence-corrected chi connectivity index (χ0v) is 10.6. The van der Waals surface area contributed by atoms with Gasteiger partial charge in [0.15, 0.2) is 0 Å². The van der Waals surface area contributed by atoms with E-state index in [2.05, 4.69) is 0 Å². The fourth-order valence-electron chi connectivity index (χ4n) is 1.44. The molecule has 0 aromatic heterocycles. The topological polar surface area (TPSA) is 83.5 Å². The normalized spacial score (nSPS) is 13.4. The van der Waals surface area contributed by atoms with Crippen LogP contribution in [-0.2, 0) is 21.2 Å². The first-order valence-electron chi connectivity index (χ1n) is 5.39. The Morgan fingerprint density at radius 2 is 1.84 bits per heavy atom. The minimum absolute atomic E-state index is 0.106. The molecule has 0 aliphatic rings. The lowest BCUT2D eigenvalue weighted by molar-refractivity contribution is -0.139. The molecule has 0 saturated heterocycles. The highest BCUT2D eigenvalue weighted by Gasteiger charge is 2.30. The van der Waals surface area contributed by atoms with Crippen LogP contribution in [0.1, 0.15) is 12.0 Å². The third-order valence-electron chi connectivity index (χ3n) is 2.40. The number of aliphatic carboxylic acids is 1. The molecular weight excluding hydrogens is 280 g/mol. The van der Waals surface area contributed by atoms with Crippen LogP contribution in [-0.4, -0.2) is 31.3 Å². The van der Waals surface area contributed by atoms with E-state index >= 15 is 0 Å². The number of sulfonamides is 1. The van der Waals surface area contributed by atoms with Crippen LogP contribution >= 0.6 is 0 Å². The lowest BCUT2D eigenvalue weighted by atomic mass is 10.1. The van der Waals surface area contributed by atoms with Gasteiger partial charge in [0.2, 0.25) is 0 Å². The first-order valence-corrected chi connectivity index (χ1v) is 6.93. The van der Waals surface area contributed by atoms with Crippen molar-refractivity contribution in [1.29, 1.82) is 0 Å². The Morgan fingerprint density at radius 1 is 1.26 bits per heavy atom. The predicted octanol–water partition coefficient (Wildman–Crippen LogP) is 1.21. The molecule has 0 spiro atoms. The quantitative estimate of drug-likeness (QED) is 0.791. The van der Waals surface area contributed by atoms with E-state index in [-0.39, 0.29) is 12.8 Å². The Kier molecular flexibility index (Phi) is 5.37. The summed E-state index contributed by atoms with van der Waals surface area (Å²) in [5.74, 6) is -5.13. The number of aryl methyl sites for hydroxylation is 1. The van der Waals surface area contributed by atoms with Gasteiger partial charge in [-0.3, -0.25) is 4.79 Å². The smallest absolute Gasteiger partial charge is 0.350 e. The molecule has 1 aromatic carbocycles. The molecule has 19 heavy (non-hydrogen) atoms. The molecule has 0 aliphatic carbocycles. The number of benzene rings is 1. The second-order valence-electron chi connectivity index (χ2n) is 3.84. The molecule has 0 heterocycles. The molecule has 8 heteroatoms. The van der Waals surface area contributed by atoms with Gasteiger partial charge in [0.05, 0.1) is 0 Å². The van der Waals surface area contributed by atoms with Gasteiger partial charge in [0, 0.05) is 0 Å². The summed E-state index contributed by atoms with van der Waals surface area (Å²) in [4.78, 5) is 10.8. The summed E-state index contributed by atoms with van der Waals surface area (Å²) in [7, 11) is -4.91. The zero-order valence-electron chi connectivity index (χ0n) is 9.79. The Balaban J connectivity index is 2.67. The number of carboxylic acids is 1. The van der Waals surface area contributed by atoms with Crippen molar-refractivity contribution in [2.45, 2.75) is 24.6 Å². The molecule has 1 unspecified atom stereocenters. The maximum atomic E-state index is 12.2. The van der Waals surface area contributed by atoms with E-state index in [1.807, 2.05) is 0 Å². The Hall–Kier alpha value is -1.54. The number of hydrogen-bond donors (Lipinski definition) is 2. The second kappa shape index (κ2) is 6.58. The SMILES string of the molecule is O=C(O)C(CCc1ccccc1)NS(=O)(=O)C(F)F. The van der Waals surface area contributed by atoms with Crippen molar-refractivity contribution < 1.29 is 27.1 Å². The van der Waals surface area contributed by atoms with Gasteiger partial charge in [0.1, 0.15) is 6.04 Å². The lowest BCUT2D eigenvalue weighted by Crippen LogP contribution is -2.43. The van der Waals surface area contributed by atoms with Gasteiger partial charge in [-0.25, -0.2) is 8.42 Å². The fourth-order valence-corrected chi connectivity index (χ4v) is 2.16. The molecule has 0 saturated carbocycles. The third kappa shape index (κ3) is 4.92. The molecule has 0 aliphatic heterocycles. The Labute approximate surface area is 109 Å². The van der Waals surface area contributed by atoms with Crippen molar-refractivity contribution in [3.63, 3.8) is 0 Å². The van der Waals surface area contributed by atoms with Crippen molar-refractivity contribution in [2.75, 3.05) is 0 Å². The number of halogens is 2. The summed E-state index contributed by atoms with van der Waals surface area (Å²) < 4.78 is 47.7. The van der Waals surface area contributed by atoms with E-state index < -0.39 is 27.8 Å². The maximum absolute atomic E-state index is 12.2. The zero-order chi connectivity index (χ0) is 14.5. The van der Waals surface area contributed by atoms with Gasteiger partial charge >= 0.3 is 11.7 Å². The number of carbonyl (C=O) groups is 1. The van der Waals surface area contributed by atoms with E-state index in [0.29, 0.717) is 0 Å². The molecule has 0 amide bonds. The minimum Gasteiger partial charge on any atom is -0.480 e. The van der Waals surface area contributed by atoms with Gasteiger partial charge in [-0.1, -0.05) is 30.3 Å². The standard InChI is InChI=1S/C11H13F2NO4S/c12-11(13)19(17,18)14-9(10(15)16)7-6-8-4-2-1-3-5-8/h1-5,9,11,14H,6-7H2,(H,15,16). The molecule has 1 atom stereocenters. The van der Waals surface area contributed by atoms with Crippen molar-refractivity contribution in [1.82, 2.24) is 4.72 Å². The lowest BCUT2D eigenvalue weighted by Gasteiger charge is -2.14. The third-order valence-corrected chi connectivity index (χ3v) is 3.49. The number of carboxylic acid groups (broad SMARTS) is 1. The van der Waals surface area contributed by atoms with Crippen LogP contribution in [0.4, 0.5) is 8.78 Å². The van der Waals surface area contributed by atoms with E-state index in [0.717, 1.165) is 5.56 Å². The number of alkyl halides is 2. The van der Waals surface area contributed by atoms with E-state index in [1.54, 1.807) is 30.3 Å². The van der Waals surface area contributed by atoms with Gasteiger partial charge in [-0.05, 0) is 18.4 Å². The average Bonchev–Trinajstić information content (AvgIpc) is 2.35. The fraction of sp³-hybridized carbons (Fsp3) is 0.364. The largest absolute Gasteiger partial charge is 0.480 e. The number of rotatable bonds is 7. The minimum atomic E-state index is -4.91. The molecule has 0 fully saturated rings. The summed E-state index contributed by atoms with van der Waals surface area (Å²) in [5.41, 5.74) is 0.796. The van der Waals surface area contributed by atoms with E-state index in [4.69, 9.17) is 5.11 Å². The van der Waals surface area contributed by atoms with Crippen LogP contribution < -0.4 is 4.72 Å². The molecule has 1 aromatic rings. The van der Waals surface area contributed by atoms with Crippen molar-refractivity contribution in [2.24, 2.45) is 0 Å². The Morgan fingerprint density at radius 3 is 2.32 bits per heavy atom. The number of nitrogens with one attached hydrogen (secondary N) is 1. The molecule has 5 nitrogen and oxygen atoms in total. The van der Waals surface area contributed by atoms with Crippen LogP contribution in [0.2, 0.25) is 0 Å². The average molecular weight is 293 g/mol. The van der Waals surface area contributed by atoms with Crippen LogP contribution in [0, 0.1) is 0 Å². The maximum Gasteiger partial charge on any atom is 0.350 e.